The number of hydroxylamine groups is 1. The maximum atomic E-state index is 12.4. The molecule has 2 N–H and O–H groups in total. The molecule has 146 valence electrons. The molecule has 2 aliphatic rings. The molecule has 7 nitrogen and oxygen atoms in total. The Morgan fingerprint density at radius 3 is 2.67 bits per heavy atom. The number of hydrogen-bond acceptors (Lipinski definition) is 5. The Hall–Kier alpha value is -2.25. The van der Waals surface area contributed by atoms with Crippen LogP contribution in [0.4, 0.5) is 4.79 Å². The zero-order valence-corrected chi connectivity index (χ0v) is 16.4. The average Bonchev–Trinajstić information content (AvgIpc) is 3.23. The predicted octanol–water partition coefficient (Wildman–Crippen LogP) is 2.93. The lowest BCUT2D eigenvalue weighted by molar-refractivity contribution is -0.122. The first-order valence-corrected chi connectivity index (χ1v) is 9.27. The number of nitrogens with zero attached hydrogens (tertiary/aromatic N) is 1. The van der Waals surface area contributed by atoms with Gasteiger partial charge in [-0.15, -0.1) is 5.48 Å². The van der Waals surface area contributed by atoms with E-state index in [4.69, 9.17) is 21.2 Å². The minimum atomic E-state index is -0.538. The SMILES string of the molecule is CC(C)(C)OC(=O)N1CC[C@@H](NC(=O)C2=CC(c3ccc(Cl)cc3)NO2)C1. The molecule has 0 aromatic heterocycles. The lowest BCUT2D eigenvalue weighted by Crippen LogP contribution is -2.40. The highest BCUT2D eigenvalue weighted by molar-refractivity contribution is 6.30. The van der Waals surface area contributed by atoms with Crippen LogP contribution in [-0.4, -0.2) is 41.6 Å². The van der Waals surface area contributed by atoms with Crippen molar-refractivity contribution in [1.29, 1.82) is 0 Å². The largest absolute Gasteiger partial charge is 0.444 e. The second kappa shape index (κ2) is 7.78. The maximum absolute atomic E-state index is 12.4. The van der Waals surface area contributed by atoms with Crippen molar-refractivity contribution >= 4 is 23.6 Å². The lowest BCUT2D eigenvalue weighted by Gasteiger charge is -2.24. The molecule has 2 aliphatic heterocycles. The van der Waals surface area contributed by atoms with Crippen molar-refractivity contribution in [2.75, 3.05) is 13.1 Å². The number of benzene rings is 1. The van der Waals surface area contributed by atoms with Crippen molar-refractivity contribution in [2.24, 2.45) is 0 Å². The van der Waals surface area contributed by atoms with Crippen molar-refractivity contribution in [3.8, 4) is 0 Å². The molecule has 8 heteroatoms. The highest BCUT2D eigenvalue weighted by Crippen LogP contribution is 2.24. The molecule has 1 unspecified atom stereocenters. The Bertz CT molecular complexity index is 742. The molecule has 1 aromatic carbocycles. The van der Waals surface area contributed by atoms with E-state index in [1.54, 1.807) is 23.1 Å². The van der Waals surface area contributed by atoms with Gasteiger partial charge in [0.25, 0.3) is 5.91 Å². The van der Waals surface area contributed by atoms with Crippen molar-refractivity contribution in [3.63, 3.8) is 0 Å². The summed E-state index contributed by atoms with van der Waals surface area (Å²) in [6.07, 6.45) is 2.03. The third-order valence-electron chi connectivity index (χ3n) is 4.24. The zero-order valence-electron chi connectivity index (χ0n) is 15.6. The molecular weight excluding hydrogens is 370 g/mol. The Balaban J connectivity index is 1.53. The van der Waals surface area contributed by atoms with Crippen LogP contribution in [-0.2, 0) is 14.4 Å². The summed E-state index contributed by atoms with van der Waals surface area (Å²) in [4.78, 5) is 31.5. The fraction of sp³-hybridized carbons (Fsp3) is 0.474. The first-order chi connectivity index (χ1) is 12.7. The van der Waals surface area contributed by atoms with Gasteiger partial charge in [0.05, 0.1) is 6.04 Å². The van der Waals surface area contributed by atoms with Crippen LogP contribution < -0.4 is 10.8 Å². The monoisotopic (exact) mass is 393 g/mol. The number of carbonyl (C=O) groups excluding carboxylic acids is 2. The van der Waals surface area contributed by atoms with Gasteiger partial charge in [-0.25, -0.2) is 4.79 Å². The summed E-state index contributed by atoms with van der Waals surface area (Å²) in [7, 11) is 0. The minimum Gasteiger partial charge on any atom is -0.444 e. The van der Waals surface area contributed by atoms with E-state index < -0.39 is 5.60 Å². The third-order valence-corrected chi connectivity index (χ3v) is 4.49. The van der Waals surface area contributed by atoms with Crippen molar-refractivity contribution in [2.45, 2.75) is 44.9 Å². The number of hydrogen-bond donors (Lipinski definition) is 2. The van der Waals surface area contributed by atoms with E-state index in [0.717, 1.165) is 5.56 Å². The van der Waals surface area contributed by atoms with Gasteiger partial charge in [0.1, 0.15) is 5.60 Å². The first-order valence-electron chi connectivity index (χ1n) is 8.90. The van der Waals surface area contributed by atoms with E-state index >= 15 is 0 Å². The molecule has 0 spiro atoms. The van der Waals surface area contributed by atoms with Gasteiger partial charge in [0, 0.05) is 24.2 Å². The topological polar surface area (TPSA) is 79.9 Å². The Morgan fingerprint density at radius 1 is 1.30 bits per heavy atom. The zero-order chi connectivity index (χ0) is 19.6. The van der Waals surface area contributed by atoms with Crippen LogP contribution in [0.3, 0.4) is 0 Å². The van der Waals surface area contributed by atoms with Crippen molar-refractivity contribution in [3.05, 3.63) is 46.7 Å². The highest BCUT2D eigenvalue weighted by atomic mass is 35.5. The summed E-state index contributed by atoms with van der Waals surface area (Å²) in [6.45, 7) is 6.45. The van der Waals surface area contributed by atoms with E-state index in [2.05, 4.69) is 10.8 Å². The number of ether oxygens (including phenoxy) is 1. The van der Waals surface area contributed by atoms with Gasteiger partial charge in [0.2, 0.25) is 5.76 Å². The molecule has 1 fully saturated rings. The molecule has 2 heterocycles. The summed E-state index contributed by atoms with van der Waals surface area (Å²) in [6, 6.07) is 6.96. The molecule has 3 rings (SSSR count). The second-order valence-electron chi connectivity index (χ2n) is 7.67. The van der Waals surface area contributed by atoms with Gasteiger partial charge in [-0.1, -0.05) is 23.7 Å². The molecular formula is C19H24ClN3O4. The van der Waals surface area contributed by atoms with Crippen molar-refractivity contribution < 1.29 is 19.2 Å². The number of amides is 2. The van der Waals surface area contributed by atoms with Crippen LogP contribution in [0.15, 0.2) is 36.1 Å². The average molecular weight is 394 g/mol. The molecule has 1 aromatic rings. The Labute approximate surface area is 163 Å². The Kier molecular flexibility index (Phi) is 5.62. The van der Waals surface area contributed by atoms with Gasteiger partial charge in [-0.3, -0.25) is 4.79 Å². The van der Waals surface area contributed by atoms with Crippen LogP contribution >= 0.6 is 11.6 Å². The number of halogens is 1. The number of nitrogens with one attached hydrogen (secondary N) is 2. The first kappa shape index (κ1) is 19.5. The standard InChI is InChI=1S/C19H24ClN3O4/c1-19(2,3)26-18(25)23-9-8-14(11-23)21-17(24)16-10-15(22-27-16)12-4-6-13(20)7-5-12/h4-7,10,14-15,22H,8-9,11H2,1-3H3,(H,21,24)/t14-,15?/m1/s1. The maximum Gasteiger partial charge on any atom is 0.410 e. The summed E-state index contributed by atoms with van der Waals surface area (Å²) in [5.41, 5.74) is 3.23. The van der Waals surface area contributed by atoms with Crippen LogP contribution in [0.2, 0.25) is 5.02 Å². The van der Waals surface area contributed by atoms with Crippen LogP contribution in [0.25, 0.3) is 0 Å². The van der Waals surface area contributed by atoms with Gasteiger partial charge in [0.15, 0.2) is 0 Å². The molecule has 0 bridgehead atoms. The molecule has 1 saturated heterocycles. The summed E-state index contributed by atoms with van der Waals surface area (Å²) >= 11 is 5.89. The van der Waals surface area contributed by atoms with Crippen LogP contribution in [0, 0.1) is 0 Å². The number of rotatable bonds is 3. The smallest absolute Gasteiger partial charge is 0.410 e. The fourth-order valence-electron chi connectivity index (χ4n) is 2.93. The summed E-state index contributed by atoms with van der Waals surface area (Å²) in [5, 5.41) is 3.56. The lowest BCUT2D eigenvalue weighted by atomic mass is 10.1. The second-order valence-corrected chi connectivity index (χ2v) is 8.10. The van der Waals surface area contributed by atoms with E-state index in [9.17, 15) is 9.59 Å². The van der Waals surface area contributed by atoms with Crippen LogP contribution in [0.1, 0.15) is 38.8 Å². The molecule has 0 saturated carbocycles. The number of carbonyl (C=O) groups is 2. The van der Waals surface area contributed by atoms with Crippen LogP contribution in [0.5, 0.6) is 0 Å². The highest BCUT2D eigenvalue weighted by Gasteiger charge is 2.32. The fourth-order valence-corrected chi connectivity index (χ4v) is 3.06. The van der Waals surface area contributed by atoms with E-state index in [-0.39, 0.29) is 29.8 Å². The summed E-state index contributed by atoms with van der Waals surface area (Å²) < 4.78 is 5.36. The predicted molar refractivity (Wildman–Crippen MR) is 101 cm³/mol. The molecule has 0 radical (unpaired) electrons. The normalized spacial score (nSPS) is 22.2. The van der Waals surface area contributed by atoms with E-state index in [0.29, 0.717) is 24.5 Å². The van der Waals surface area contributed by atoms with E-state index in [1.807, 2.05) is 32.9 Å². The third kappa shape index (κ3) is 5.14. The molecule has 2 amide bonds. The molecule has 2 atom stereocenters. The molecule has 27 heavy (non-hydrogen) atoms. The van der Waals surface area contributed by atoms with E-state index in [1.165, 1.54) is 0 Å². The van der Waals surface area contributed by atoms with Gasteiger partial charge in [-0.2, -0.15) is 0 Å². The quantitative estimate of drug-likeness (QED) is 0.825. The van der Waals surface area contributed by atoms with Gasteiger partial charge in [-0.05, 0) is 51.0 Å². The summed E-state index contributed by atoms with van der Waals surface area (Å²) in [5.74, 6) is -0.0966. The van der Waals surface area contributed by atoms with Gasteiger partial charge >= 0.3 is 6.09 Å². The minimum absolute atomic E-state index is 0.135. The Morgan fingerprint density at radius 2 is 2.00 bits per heavy atom. The van der Waals surface area contributed by atoms with Gasteiger partial charge < -0.3 is 19.8 Å². The molecule has 0 aliphatic carbocycles. The number of likely N-dealkylation sites (tertiary alicyclic amines) is 1. The van der Waals surface area contributed by atoms with Crippen molar-refractivity contribution in [1.82, 2.24) is 15.7 Å².